The molecule has 3 aromatic rings. The molecule has 33 heavy (non-hydrogen) atoms. The van der Waals surface area contributed by atoms with Crippen LogP contribution >= 0.6 is 23.5 Å². The van der Waals surface area contributed by atoms with E-state index in [1.165, 1.54) is 27.8 Å². The van der Waals surface area contributed by atoms with Crippen molar-refractivity contribution in [3.05, 3.63) is 18.7 Å². The standard InChI is InChI=1S/C11H15N6O13P3/c18-7-5(3-27-32(23,24)30-33(25,26)29-31(20,21)22)28-11(8(7)19)16-4-13-6-9-12-1-2-17(9)15-14-10(6)16/h1-2,4-5,7-8,11,18-19H,3H2,(H,23,24)(H,25,26)(H2,20,21,22)/t5-,7-,8-,11-/m1/s1. The molecule has 182 valence electrons. The van der Waals surface area contributed by atoms with Gasteiger partial charge in [-0.2, -0.15) is 8.62 Å². The molecule has 0 spiro atoms. The molecule has 22 heteroatoms. The maximum atomic E-state index is 11.8. The zero-order valence-corrected chi connectivity index (χ0v) is 18.5. The lowest BCUT2D eigenvalue weighted by atomic mass is 10.1. The van der Waals surface area contributed by atoms with Crippen molar-refractivity contribution in [2.75, 3.05) is 6.61 Å². The fourth-order valence-corrected chi connectivity index (χ4v) is 6.02. The van der Waals surface area contributed by atoms with Crippen LogP contribution in [0.25, 0.3) is 16.8 Å². The van der Waals surface area contributed by atoms with Crippen LogP contribution in [0.1, 0.15) is 6.23 Å². The van der Waals surface area contributed by atoms with Crippen molar-refractivity contribution < 1.29 is 61.4 Å². The first-order chi connectivity index (χ1) is 15.3. The van der Waals surface area contributed by atoms with Crippen LogP contribution in [0.3, 0.4) is 0 Å². The number of fused-ring (bicyclic) bond motifs is 3. The Morgan fingerprint density at radius 3 is 2.42 bits per heavy atom. The van der Waals surface area contributed by atoms with E-state index in [0.717, 1.165) is 0 Å². The number of ether oxygens (including phenoxy) is 1. The molecule has 1 aliphatic rings. The van der Waals surface area contributed by atoms with E-state index >= 15 is 0 Å². The Morgan fingerprint density at radius 1 is 1.00 bits per heavy atom. The summed E-state index contributed by atoms with van der Waals surface area (Å²) in [5.41, 5.74) is 0.798. The molecule has 0 aromatic carbocycles. The minimum Gasteiger partial charge on any atom is -0.387 e. The average molecular weight is 532 g/mol. The average Bonchev–Trinajstić information content (AvgIpc) is 3.35. The topological polar surface area (TPSA) is 270 Å². The first-order valence-electron chi connectivity index (χ1n) is 8.59. The molecule has 19 nitrogen and oxygen atoms in total. The summed E-state index contributed by atoms with van der Waals surface area (Å²) in [4.78, 5) is 43.9. The van der Waals surface area contributed by atoms with Gasteiger partial charge in [0.25, 0.3) is 0 Å². The summed E-state index contributed by atoms with van der Waals surface area (Å²) < 4.78 is 53.5. The summed E-state index contributed by atoms with van der Waals surface area (Å²) in [6, 6.07) is 0. The van der Waals surface area contributed by atoms with Gasteiger partial charge >= 0.3 is 23.5 Å². The third kappa shape index (κ3) is 5.21. The van der Waals surface area contributed by atoms with Crippen LogP contribution in [-0.2, 0) is 31.6 Å². The van der Waals surface area contributed by atoms with Gasteiger partial charge in [-0.3, -0.25) is 9.09 Å². The van der Waals surface area contributed by atoms with Crippen molar-refractivity contribution in [1.82, 2.24) is 29.4 Å². The highest BCUT2D eigenvalue weighted by molar-refractivity contribution is 7.66. The first kappa shape index (κ1) is 24.4. The molecule has 0 radical (unpaired) electrons. The number of phosphoric ester groups is 1. The summed E-state index contributed by atoms with van der Waals surface area (Å²) in [5.74, 6) is 0. The third-order valence-corrected chi connectivity index (χ3v) is 8.07. The number of hydrogen-bond donors (Lipinski definition) is 6. The lowest BCUT2D eigenvalue weighted by molar-refractivity contribution is -0.0503. The fraction of sp³-hybridized carbons (Fsp3) is 0.455. The lowest BCUT2D eigenvalue weighted by Crippen LogP contribution is -2.33. The number of aliphatic hydroxyl groups excluding tert-OH is 2. The molecule has 0 bridgehead atoms. The van der Waals surface area contributed by atoms with Crippen LogP contribution in [0.4, 0.5) is 0 Å². The second-order valence-corrected chi connectivity index (χ2v) is 11.0. The van der Waals surface area contributed by atoms with Crippen LogP contribution in [0, 0.1) is 0 Å². The highest BCUT2D eigenvalue weighted by atomic mass is 31.3. The number of aliphatic hydroxyl groups is 2. The van der Waals surface area contributed by atoms with Crippen LogP contribution < -0.4 is 0 Å². The second-order valence-electron chi connectivity index (χ2n) is 6.54. The number of hydrogen-bond acceptors (Lipinski definition) is 13. The third-order valence-electron chi connectivity index (χ3n) is 4.27. The first-order valence-corrected chi connectivity index (χ1v) is 13.1. The summed E-state index contributed by atoms with van der Waals surface area (Å²) in [6.45, 7) is -0.957. The van der Waals surface area contributed by atoms with Crippen LogP contribution in [-0.4, -0.2) is 84.1 Å². The van der Waals surface area contributed by atoms with Crippen molar-refractivity contribution in [2.24, 2.45) is 0 Å². The maximum absolute atomic E-state index is 11.8. The van der Waals surface area contributed by atoms with Gasteiger partial charge in [0.2, 0.25) is 0 Å². The van der Waals surface area contributed by atoms with E-state index in [1.807, 2.05) is 0 Å². The van der Waals surface area contributed by atoms with E-state index in [-0.39, 0.29) is 5.65 Å². The zero-order chi connectivity index (χ0) is 24.2. The Kier molecular flexibility index (Phi) is 6.30. The summed E-state index contributed by atoms with van der Waals surface area (Å²) in [6.07, 6.45) is -1.81. The molecule has 1 saturated heterocycles. The lowest BCUT2D eigenvalue weighted by Gasteiger charge is -2.19. The Morgan fingerprint density at radius 2 is 1.73 bits per heavy atom. The van der Waals surface area contributed by atoms with E-state index in [9.17, 15) is 28.8 Å². The minimum atomic E-state index is -5.71. The summed E-state index contributed by atoms with van der Waals surface area (Å²) in [7, 11) is -16.7. The van der Waals surface area contributed by atoms with Gasteiger partial charge < -0.3 is 34.5 Å². The zero-order valence-electron chi connectivity index (χ0n) is 15.8. The Bertz CT molecular complexity index is 1320. The normalized spacial score (nSPS) is 27.7. The van der Waals surface area contributed by atoms with Gasteiger partial charge in [0, 0.05) is 6.20 Å². The van der Waals surface area contributed by atoms with Crippen LogP contribution in [0.15, 0.2) is 18.7 Å². The van der Waals surface area contributed by atoms with Crippen molar-refractivity contribution in [3.63, 3.8) is 0 Å². The van der Waals surface area contributed by atoms with Crippen LogP contribution in [0.2, 0.25) is 0 Å². The molecule has 0 saturated carbocycles. The van der Waals surface area contributed by atoms with E-state index < -0.39 is 54.6 Å². The van der Waals surface area contributed by atoms with Gasteiger partial charge in [0.05, 0.1) is 19.1 Å². The predicted molar refractivity (Wildman–Crippen MR) is 99.8 cm³/mol. The molecule has 4 heterocycles. The summed E-state index contributed by atoms with van der Waals surface area (Å²) in [5, 5.41) is 28.4. The molecule has 4 rings (SSSR count). The number of aromatic nitrogens is 6. The van der Waals surface area contributed by atoms with E-state index in [4.69, 9.17) is 19.4 Å². The Hall–Kier alpha value is -1.69. The van der Waals surface area contributed by atoms with E-state index in [0.29, 0.717) is 11.2 Å². The van der Waals surface area contributed by atoms with E-state index in [2.05, 4.69) is 33.4 Å². The monoisotopic (exact) mass is 532 g/mol. The number of nitrogens with zero attached hydrogens (tertiary/aromatic N) is 6. The molecular formula is C11H15N6O13P3. The van der Waals surface area contributed by atoms with Gasteiger partial charge in [0.1, 0.15) is 18.3 Å². The molecule has 6 atom stereocenters. The molecule has 0 amide bonds. The van der Waals surface area contributed by atoms with Gasteiger partial charge in [-0.1, -0.05) is 5.21 Å². The number of phosphoric acid groups is 3. The van der Waals surface area contributed by atoms with Gasteiger partial charge in [-0.25, -0.2) is 28.2 Å². The molecule has 1 fully saturated rings. The molecule has 1 aliphatic heterocycles. The SMILES string of the molecule is O=P(O)(O)OP(=O)(O)OP(=O)(O)OC[C@H]1O[C@@H](n2cnc3c2nnn2ccnc32)[C@H](O)[C@@H]1O. The summed E-state index contributed by atoms with van der Waals surface area (Å²) >= 11 is 0. The van der Waals surface area contributed by atoms with Crippen molar-refractivity contribution in [2.45, 2.75) is 24.5 Å². The van der Waals surface area contributed by atoms with Gasteiger partial charge in [0.15, 0.2) is 23.0 Å². The maximum Gasteiger partial charge on any atom is 0.490 e. The van der Waals surface area contributed by atoms with Crippen molar-refractivity contribution in [1.29, 1.82) is 0 Å². The smallest absolute Gasteiger partial charge is 0.387 e. The van der Waals surface area contributed by atoms with E-state index in [1.54, 1.807) is 0 Å². The van der Waals surface area contributed by atoms with Crippen molar-refractivity contribution >= 4 is 40.3 Å². The number of imidazole rings is 2. The minimum absolute atomic E-state index is 0.137. The Labute approximate surface area is 181 Å². The quantitative estimate of drug-likeness (QED) is 0.179. The molecule has 3 aromatic heterocycles. The molecule has 6 N–H and O–H groups in total. The second kappa shape index (κ2) is 8.51. The molecule has 0 aliphatic carbocycles. The largest absolute Gasteiger partial charge is 0.490 e. The van der Waals surface area contributed by atoms with Gasteiger partial charge in [-0.05, 0) is 0 Å². The molecular weight excluding hydrogens is 517 g/mol. The predicted octanol–water partition coefficient (Wildman–Crippen LogP) is -1.56. The number of rotatable bonds is 8. The highest BCUT2D eigenvalue weighted by Gasteiger charge is 2.47. The van der Waals surface area contributed by atoms with Gasteiger partial charge in [-0.15, -0.1) is 5.10 Å². The molecule has 2 unspecified atom stereocenters. The van der Waals surface area contributed by atoms with Crippen LogP contribution in [0.5, 0.6) is 0 Å². The van der Waals surface area contributed by atoms with Crippen molar-refractivity contribution in [3.8, 4) is 0 Å². The highest BCUT2D eigenvalue weighted by Crippen LogP contribution is 2.66. The Balaban J connectivity index is 1.47. The fourth-order valence-electron chi connectivity index (χ4n) is 2.99.